The van der Waals surface area contributed by atoms with Gasteiger partial charge in [-0.3, -0.25) is 4.79 Å². The average molecular weight is 446 g/mol. The van der Waals surface area contributed by atoms with Crippen LogP contribution in [0, 0.1) is 5.82 Å². The molecule has 0 unspecified atom stereocenters. The number of piperazine rings is 1. The third-order valence-corrected chi connectivity index (χ3v) is 6.90. The van der Waals surface area contributed by atoms with Crippen LogP contribution in [0.1, 0.15) is 0 Å². The number of hydrogen-bond acceptors (Lipinski definition) is 6. The van der Waals surface area contributed by atoms with E-state index in [9.17, 15) is 22.4 Å². The third-order valence-electron chi connectivity index (χ3n) is 4.97. The molecule has 1 amide bonds. The molecular formula is C19H19FN6O4S. The first-order valence-corrected chi connectivity index (χ1v) is 10.9. The molecule has 0 spiro atoms. The Morgan fingerprint density at radius 3 is 2.26 bits per heavy atom. The summed E-state index contributed by atoms with van der Waals surface area (Å²) in [6.07, 6.45) is 0. The number of carbonyl (C=O) groups excluding carboxylic acids is 1. The monoisotopic (exact) mass is 446 g/mol. The van der Waals surface area contributed by atoms with Gasteiger partial charge in [-0.25, -0.2) is 17.6 Å². The van der Waals surface area contributed by atoms with Gasteiger partial charge in [-0.1, -0.05) is 30.3 Å². The Hall–Kier alpha value is -3.38. The number of carbonyl (C=O) groups is 1. The molecule has 0 saturated carbocycles. The highest BCUT2D eigenvalue weighted by atomic mass is 32.2. The lowest BCUT2D eigenvalue weighted by atomic mass is 10.3. The number of para-hydroxylation sites is 1. The van der Waals surface area contributed by atoms with E-state index in [1.165, 1.54) is 23.1 Å². The van der Waals surface area contributed by atoms with Gasteiger partial charge in [0.2, 0.25) is 15.9 Å². The van der Waals surface area contributed by atoms with E-state index in [4.69, 9.17) is 0 Å². The first-order valence-electron chi connectivity index (χ1n) is 9.48. The second kappa shape index (κ2) is 8.40. The van der Waals surface area contributed by atoms with Crippen LogP contribution in [0.3, 0.4) is 0 Å². The zero-order chi connectivity index (χ0) is 22.0. The van der Waals surface area contributed by atoms with E-state index >= 15 is 0 Å². The number of hydrogen-bond donors (Lipinski definition) is 0. The Kier molecular flexibility index (Phi) is 5.65. The fraction of sp³-hybridized carbons (Fsp3) is 0.263. The molecule has 1 fully saturated rings. The maximum Gasteiger partial charge on any atom is 0.368 e. The van der Waals surface area contributed by atoms with Crippen molar-refractivity contribution in [2.75, 3.05) is 26.2 Å². The van der Waals surface area contributed by atoms with Crippen LogP contribution in [0.5, 0.6) is 0 Å². The summed E-state index contributed by atoms with van der Waals surface area (Å²) < 4.78 is 42.5. The number of nitrogens with zero attached hydrogens (tertiary/aromatic N) is 6. The van der Waals surface area contributed by atoms with Crippen LogP contribution in [0.4, 0.5) is 4.39 Å². The van der Waals surface area contributed by atoms with Gasteiger partial charge in [-0.15, -0.1) is 0 Å². The van der Waals surface area contributed by atoms with Crippen molar-refractivity contribution in [2.45, 2.75) is 11.4 Å². The van der Waals surface area contributed by atoms with Crippen molar-refractivity contribution in [3.63, 3.8) is 0 Å². The maximum atomic E-state index is 13.9. The Morgan fingerprint density at radius 1 is 0.935 bits per heavy atom. The molecule has 162 valence electrons. The van der Waals surface area contributed by atoms with Crippen LogP contribution in [0.2, 0.25) is 0 Å². The van der Waals surface area contributed by atoms with Crippen LogP contribution in [-0.2, 0) is 21.4 Å². The molecule has 12 heteroatoms. The number of benzene rings is 2. The topological polar surface area (TPSA) is 110 Å². The maximum absolute atomic E-state index is 13.9. The second-order valence-corrected chi connectivity index (χ2v) is 8.79. The van der Waals surface area contributed by atoms with Crippen LogP contribution in [-0.4, -0.2) is 69.5 Å². The molecular weight excluding hydrogens is 427 g/mol. The number of amides is 1. The van der Waals surface area contributed by atoms with E-state index in [1.54, 1.807) is 30.3 Å². The van der Waals surface area contributed by atoms with Crippen LogP contribution < -0.4 is 5.69 Å². The van der Waals surface area contributed by atoms with E-state index in [0.29, 0.717) is 5.69 Å². The number of rotatable bonds is 5. The fourth-order valence-electron chi connectivity index (χ4n) is 3.30. The summed E-state index contributed by atoms with van der Waals surface area (Å²) in [6, 6.07) is 13.9. The number of halogens is 1. The van der Waals surface area contributed by atoms with E-state index in [0.717, 1.165) is 19.7 Å². The van der Waals surface area contributed by atoms with Gasteiger partial charge in [0.1, 0.15) is 17.3 Å². The van der Waals surface area contributed by atoms with E-state index in [-0.39, 0.29) is 43.5 Å². The molecule has 0 atom stereocenters. The third kappa shape index (κ3) is 4.11. The number of aromatic nitrogens is 4. The minimum atomic E-state index is -4.00. The highest BCUT2D eigenvalue weighted by Gasteiger charge is 2.32. The number of tetrazole rings is 1. The minimum Gasteiger partial charge on any atom is -0.338 e. The predicted octanol–water partition coefficient (Wildman–Crippen LogP) is 0.101. The van der Waals surface area contributed by atoms with Gasteiger partial charge in [0, 0.05) is 26.2 Å². The van der Waals surface area contributed by atoms with Crippen LogP contribution in [0.15, 0.2) is 64.3 Å². The molecule has 0 radical (unpaired) electrons. The van der Waals surface area contributed by atoms with Gasteiger partial charge in [0.25, 0.3) is 0 Å². The van der Waals surface area contributed by atoms with E-state index in [1.807, 2.05) is 0 Å². The lowest BCUT2D eigenvalue weighted by molar-refractivity contribution is -0.133. The highest BCUT2D eigenvalue weighted by Crippen LogP contribution is 2.20. The fourth-order valence-corrected chi connectivity index (χ4v) is 4.79. The summed E-state index contributed by atoms with van der Waals surface area (Å²) in [7, 11) is -4.00. The molecule has 1 aliphatic rings. The Labute approximate surface area is 177 Å². The van der Waals surface area contributed by atoms with Crippen molar-refractivity contribution in [1.82, 2.24) is 29.0 Å². The summed E-state index contributed by atoms with van der Waals surface area (Å²) in [6.45, 7) is -0.0318. The zero-order valence-electron chi connectivity index (χ0n) is 16.3. The summed E-state index contributed by atoms with van der Waals surface area (Å²) in [5.74, 6) is -1.20. The van der Waals surface area contributed by atoms with Crippen molar-refractivity contribution in [2.24, 2.45) is 0 Å². The molecule has 1 aromatic heterocycles. The molecule has 1 saturated heterocycles. The average Bonchev–Trinajstić information content (AvgIpc) is 3.14. The Bertz CT molecular complexity index is 1250. The van der Waals surface area contributed by atoms with Crippen molar-refractivity contribution >= 4 is 15.9 Å². The Morgan fingerprint density at radius 2 is 1.58 bits per heavy atom. The SMILES string of the molecule is O=C(Cn1nnn(-c2ccccc2)c1=O)N1CCN(S(=O)(=O)c2ccccc2F)CC1. The summed E-state index contributed by atoms with van der Waals surface area (Å²) in [4.78, 5) is 26.1. The minimum absolute atomic E-state index is 0.0218. The largest absolute Gasteiger partial charge is 0.368 e. The highest BCUT2D eigenvalue weighted by molar-refractivity contribution is 7.89. The summed E-state index contributed by atoms with van der Waals surface area (Å²) >= 11 is 0. The summed E-state index contributed by atoms with van der Waals surface area (Å²) in [5, 5.41) is 7.55. The first kappa shape index (κ1) is 20.9. The van der Waals surface area contributed by atoms with Gasteiger partial charge < -0.3 is 4.90 Å². The normalized spacial score (nSPS) is 15.2. The molecule has 4 rings (SSSR count). The zero-order valence-corrected chi connectivity index (χ0v) is 17.2. The second-order valence-electron chi connectivity index (χ2n) is 6.88. The lowest BCUT2D eigenvalue weighted by Crippen LogP contribution is -2.51. The van der Waals surface area contributed by atoms with Crippen LogP contribution in [0.25, 0.3) is 5.69 Å². The molecule has 3 aromatic rings. The lowest BCUT2D eigenvalue weighted by Gasteiger charge is -2.33. The molecule has 0 bridgehead atoms. The standard InChI is InChI=1S/C19H19FN6O4S/c20-16-8-4-5-9-17(16)31(29,30)24-12-10-23(11-13-24)18(27)14-25-19(28)26(22-21-25)15-6-2-1-3-7-15/h1-9H,10-14H2. The van der Waals surface area contributed by atoms with Crippen molar-refractivity contribution in [3.8, 4) is 5.69 Å². The van der Waals surface area contributed by atoms with Crippen molar-refractivity contribution < 1.29 is 17.6 Å². The van der Waals surface area contributed by atoms with Gasteiger partial charge in [0.15, 0.2) is 0 Å². The van der Waals surface area contributed by atoms with Gasteiger partial charge in [-0.2, -0.15) is 13.7 Å². The van der Waals surface area contributed by atoms with Crippen molar-refractivity contribution in [1.29, 1.82) is 0 Å². The van der Waals surface area contributed by atoms with Gasteiger partial charge in [-0.05, 0) is 34.7 Å². The molecule has 0 N–H and O–H groups in total. The first-order chi connectivity index (χ1) is 14.9. The number of sulfonamides is 1. The van der Waals surface area contributed by atoms with Gasteiger partial charge >= 0.3 is 5.69 Å². The van der Waals surface area contributed by atoms with E-state index in [2.05, 4.69) is 10.4 Å². The van der Waals surface area contributed by atoms with E-state index < -0.39 is 21.5 Å². The Balaban J connectivity index is 1.41. The molecule has 31 heavy (non-hydrogen) atoms. The predicted molar refractivity (Wildman–Crippen MR) is 107 cm³/mol. The van der Waals surface area contributed by atoms with Gasteiger partial charge in [0.05, 0.1) is 5.69 Å². The molecule has 10 nitrogen and oxygen atoms in total. The molecule has 2 heterocycles. The summed E-state index contributed by atoms with van der Waals surface area (Å²) in [5.41, 5.74) is -0.0292. The van der Waals surface area contributed by atoms with Crippen molar-refractivity contribution in [3.05, 3.63) is 70.9 Å². The molecule has 1 aliphatic heterocycles. The smallest absolute Gasteiger partial charge is 0.338 e. The molecule has 0 aliphatic carbocycles. The van der Waals surface area contributed by atoms with Crippen LogP contribution >= 0.6 is 0 Å². The molecule has 2 aromatic carbocycles. The quantitative estimate of drug-likeness (QED) is 0.550.